The molecule has 0 N–H and O–H groups in total. The van der Waals surface area contributed by atoms with Crippen molar-refractivity contribution in [1.82, 2.24) is 0 Å². The van der Waals surface area contributed by atoms with E-state index in [1.807, 2.05) is 46.8 Å². The zero-order valence-corrected chi connectivity index (χ0v) is 21.9. The van der Waals surface area contributed by atoms with Crippen LogP contribution in [0.25, 0.3) is 0 Å². The van der Waals surface area contributed by atoms with Crippen LogP contribution < -0.4 is 0 Å². The number of hydrogen-bond donors (Lipinski definition) is 0. The van der Waals surface area contributed by atoms with Crippen LogP contribution in [0.3, 0.4) is 0 Å². The van der Waals surface area contributed by atoms with Gasteiger partial charge in [0, 0.05) is 22.1 Å². The van der Waals surface area contributed by atoms with Crippen molar-refractivity contribution < 1.29 is 19.2 Å². The molecular formula is C29H35NO4. The molecule has 0 unspecified atom stereocenters. The van der Waals surface area contributed by atoms with Gasteiger partial charge in [-0.15, -0.1) is 0 Å². The van der Waals surface area contributed by atoms with Gasteiger partial charge in [-0.1, -0.05) is 42.3 Å². The lowest BCUT2D eigenvalue weighted by Crippen LogP contribution is -2.57. The summed E-state index contributed by atoms with van der Waals surface area (Å²) in [6.45, 7) is 15.5. The van der Waals surface area contributed by atoms with Gasteiger partial charge >= 0.3 is 0 Å². The lowest BCUT2D eigenvalue weighted by Gasteiger charge is -2.59. The smallest absolute Gasteiger partial charge is 0.190 e. The second-order valence-corrected chi connectivity index (χ2v) is 11.3. The molecule has 5 heteroatoms. The number of carbonyl (C=O) groups is 3. The first-order valence-corrected chi connectivity index (χ1v) is 12.0. The number of nitrogens with zero attached hydrogens (tertiary/aromatic N) is 1. The standard InChI is InChI=1S/C29H35NO4/c1-15-10-11-20(18(4)30-34-9)21-13-27(6)14-28(7)12-16(2)22(19(5)31)26(33)29(28,8)17(3)24(27)25(32)23(15)21/h10-11H,12-14H2,1-9H3/t27-,28+,29+/m0/s1. The van der Waals surface area contributed by atoms with Crippen LogP contribution in [0.1, 0.15) is 88.4 Å². The summed E-state index contributed by atoms with van der Waals surface area (Å²) in [5, 5.41) is 4.14. The SMILES string of the molecule is CON=C(C)c1ccc(C)c2c1C[C@@]1(C)C[C@@]3(C)CC(C)=C(C(C)=O)C(=O)[C@@]3(C)C(C)=C1C2=O. The third-order valence-corrected chi connectivity index (χ3v) is 8.99. The Bertz CT molecular complexity index is 1260. The molecule has 1 aromatic rings. The van der Waals surface area contributed by atoms with Crippen molar-refractivity contribution >= 4 is 23.1 Å². The molecule has 5 nitrogen and oxygen atoms in total. The molecule has 4 rings (SSSR count). The number of Topliss-reactive ketones (excluding diaryl/α,β-unsaturated/α-hetero) is 3. The monoisotopic (exact) mass is 461 g/mol. The summed E-state index contributed by atoms with van der Waals surface area (Å²) in [7, 11) is 1.52. The maximum atomic E-state index is 14.2. The molecule has 0 bridgehead atoms. The molecule has 0 aromatic heterocycles. The maximum absolute atomic E-state index is 14.2. The van der Waals surface area contributed by atoms with E-state index >= 15 is 0 Å². The van der Waals surface area contributed by atoms with Gasteiger partial charge in [-0.2, -0.15) is 0 Å². The Morgan fingerprint density at radius 2 is 1.68 bits per heavy atom. The number of benzene rings is 1. The van der Waals surface area contributed by atoms with Gasteiger partial charge in [0.25, 0.3) is 0 Å². The van der Waals surface area contributed by atoms with Crippen LogP contribution in [0.15, 0.2) is 39.6 Å². The predicted molar refractivity (Wildman–Crippen MR) is 133 cm³/mol. The van der Waals surface area contributed by atoms with Crippen LogP contribution in [-0.2, 0) is 20.8 Å². The van der Waals surface area contributed by atoms with Gasteiger partial charge in [0.05, 0.1) is 16.7 Å². The second kappa shape index (κ2) is 7.59. The molecule has 3 aliphatic rings. The molecule has 34 heavy (non-hydrogen) atoms. The van der Waals surface area contributed by atoms with Crippen molar-refractivity contribution in [3.8, 4) is 0 Å². The van der Waals surface area contributed by atoms with Crippen LogP contribution in [0, 0.1) is 23.2 Å². The molecule has 3 atom stereocenters. The zero-order chi connectivity index (χ0) is 25.4. The highest BCUT2D eigenvalue weighted by Crippen LogP contribution is 2.66. The molecule has 0 saturated heterocycles. The molecule has 0 heterocycles. The second-order valence-electron chi connectivity index (χ2n) is 11.3. The van der Waals surface area contributed by atoms with Gasteiger partial charge in [-0.05, 0) is 77.3 Å². The first kappa shape index (κ1) is 24.3. The predicted octanol–water partition coefficient (Wildman–Crippen LogP) is 5.72. The highest BCUT2D eigenvalue weighted by atomic mass is 16.6. The van der Waals surface area contributed by atoms with Gasteiger partial charge in [-0.3, -0.25) is 14.4 Å². The van der Waals surface area contributed by atoms with Crippen LogP contribution in [0.2, 0.25) is 0 Å². The molecule has 0 radical (unpaired) electrons. The van der Waals surface area contributed by atoms with E-state index in [0.29, 0.717) is 30.4 Å². The van der Waals surface area contributed by atoms with Crippen molar-refractivity contribution in [3.63, 3.8) is 0 Å². The summed E-state index contributed by atoms with van der Waals surface area (Å²) in [6, 6.07) is 3.98. The minimum absolute atomic E-state index is 0.00228. The number of hydrogen-bond acceptors (Lipinski definition) is 5. The maximum Gasteiger partial charge on any atom is 0.190 e. The van der Waals surface area contributed by atoms with Crippen LogP contribution in [0.4, 0.5) is 0 Å². The van der Waals surface area contributed by atoms with Gasteiger partial charge < -0.3 is 4.84 Å². The summed E-state index contributed by atoms with van der Waals surface area (Å²) < 4.78 is 0. The molecule has 0 amide bonds. The average molecular weight is 462 g/mol. The Morgan fingerprint density at radius 3 is 2.26 bits per heavy atom. The Labute approximate surface area is 202 Å². The highest BCUT2D eigenvalue weighted by Gasteiger charge is 2.63. The van der Waals surface area contributed by atoms with E-state index < -0.39 is 16.2 Å². The molecule has 0 spiro atoms. The molecule has 0 saturated carbocycles. The minimum Gasteiger partial charge on any atom is -0.399 e. The van der Waals surface area contributed by atoms with E-state index in [-0.39, 0.29) is 17.3 Å². The van der Waals surface area contributed by atoms with E-state index in [1.54, 1.807) is 0 Å². The molecule has 180 valence electrons. The third-order valence-electron chi connectivity index (χ3n) is 8.99. The van der Waals surface area contributed by atoms with Crippen molar-refractivity contribution in [2.24, 2.45) is 21.4 Å². The van der Waals surface area contributed by atoms with E-state index in [2.05, 4.69) is 19.0 Å². The van der Waals surface area contributed by atoms with Gasteiger partial charge in [0.1, 0.15) is 7.11 Å². The molecule has 3 aliphatic carbocycles. The van der Waals surface area contributed by atoms with Crippen molar-refractivity contribution in [1.29, 1.82) is 0 Å². The topological polar surface area (TPSA) is 72.8 Å². The van der Waals surface area contributed by atoms with Crippen LogP contribution in [0.5, 0.6) is 0 Å². The van der Waals surface area contributed by atoms with Crippen LogP contribution >= 0.6 is 0 Å². The molecule has 0 aliphatic heterocycles. The summed E-state index contributed by atoms with van der Waals surface area (Å²) in [4.78, 5) is 45.6. The zero-order valence-electron chi connectivity index (χ0n) is 21.9. The number of rotatable bonds is 3. The summed E-state index contributed by atoms with van der Waals surface area (Å²) in [5.74, 6) is -0.325. The number of fused-ring (bicyclic) bond motifs is 3. The lowest BCUT2D eigenvalue weighted by molar-refractivity contribution is -0.134. The van der Waals surface area contributed by atoms with E-state index in [4.69, 9.17) is 4.84 Å². The fraction of sp³-hybridized carbons (Fsp3) is 0.517. The number of carbonyl (C=O) groups excluding carboxylic acids is 3. The first-order chi connectivity index (χ1) is 15.7. The minimum atomic E-state index is -0.894. The first-order valence-electron chi connectivity index (χ1n) is 12.0. The molecule has 0 fully saturated rings. The molecule has 1 aromatic carbocycles. The number of aryl methyl sites for hydroxylation is 1. The Morgan fingerprint density at radius 1 is 1.03 bits per heavy atom. The van der Waals surface area contributed by atoms with Crippen molar-refractivity contribution in [2.75, 3.05) is 7.11 Å². The quantitative estimate of drug-likeness (QED) is 0.328. The normalized spacial score (nSPS) is 31.3. The summed E-state index contributed by atoms with van der Waals surface area (Å²) in [6.07, 6.45) is 2.04. The largest absolute Gasteiger partial charge is 0.399 e. The van der Waals surface area contributed by atoms with Gasteiger partial charge in [0.2, 0.25) is 0 Å². The highest BCUT2D eigenvalue weighted by molar-refractivity contribution is 6.24. The fourth-order valence-corrected chi connectivity index (χ4v) is 7.44. The Hall–Kier alpha value is -2.82. The number of allylic oxidation sites excluding steroid dienone is 4. The van der Waals surface area contributed by atoms with Crippen molar-refractivity contribution in [2.45, 2.75) is 74.7 Å². The average Bonchev–Trinajstić information content (AvgIpc) is 2.70. The lowest BCUT2D eigenvalue weighted by atomic mass is 9.42. The fourth-order valence-electron chi connectivity index (χ4n) is 7.44. The Balaban J connectivity index is 2.02. The Kier molecular flexibility index (Phi) is 5.43. The van der Waals surface area contributed by atoms with Gasteiger partial charge in [0.15, 0.2) is 17.3 Å². The third kappa shape index (κ3) is 2.98. The van der Waals surface area contributed by atoms with E-state index in [9.17, 15) is 14.4 Å². The number of ketones is 3. The van der Waals surface area contributed by atoms with E-state index in [1.165, 1.54) is 14.0 Å². The van der Waals surface area contributed by atoms with Gasteiger partial charge in [-0.25, -0.2) is 0 Å². The van der Waals surface area contributed by atoms with Crippen LogP contribution in [-0.4, -0.2) is 30.2 Å². The van der Waals surface area contributed by atoms with E-state index in [0.717, 1.165) is 39.1 Å². The summed E-state index contributed by atoms with van der Waals surface area (Å²) >= 11 is 0. The number of oxime groups is 1. The summed E-state index contributed by atoms with van der Waals surface area (Å²) in [5.41, 5.74) is 5.35. The molecular weight excluding hydrogens is 426 g/mol. The van der Waals surface area contributed by atoms with Crippen molar-refractivity contribution in [3.05, 3.63) is 56.7 Å².